The molecule has 1 saturated heterocycles. The Balaban J connectivity index is 1.44. The molecule has 2 aliphatic rings. The third-order valence-corrected chi connectivity index (χ3v) is 9.44. The predicted molar refractivity (Wildman–Crippen MR) is 111 cm³/mol. The van der Waals surface area contributed by atoms with Gasteiger partial charge < -0.3 is 0 Å². The maximum atomic E-state index is 6.22. The van der Waals surface area contributed by atoms with Gasteiger partial charge in [-0.05, 0) is 0 Å². The van der Waals surface area contributed by atoms with Crippen LogP contribution >= 0.6 is 22.6 Å². The molecular weight excluding hydrogens is 490 g/mol. The van der Waals surface area contributed by atoms with Crippen molar-refractivity contribution >= 4 is 42.0 Å². The number of hydrogen-bond acceptors (Lipinski definition) is 2. The predicted octanol–water partition coefficient (Wildman–Crippen LogP) is 4.11. The van der Waals surface area contributed by atoms with Crippen molar-refractivity contribution in [2.45, 2.75) is 36.8 Å². The zero-order valence-corrected chi connectivity index (χ0v) is 18.3. The number of ether oxygens (including phenoxy) is 2. The molecule has 0 aromatic heterocycles. The zero-order chi connectivity index (χ0) is 17.3. The number of rotatable bonds is 5. The molecule has 25 heavy (non-hydrogen) atoms. The molecule has 132 valence electrons. The van der Waals surface area contributed by atoms with Crippen molar-refractivity contribution in [3.8, 4) is 0 Å². The summed E-state index contributed by atoms with van der Waals surface area (Å²) in [5.41, 5.74) is 2.70. The van der Waals surface area contributed by atoms with E-state index >= 15 is 0 Å². The first-order valence-corrected chi connectivity index (χ1v) is 11.8. The molecule has 2 aromatic rings. The summed E-state index contributed by atoms with van der Waals surface area (Å²) in [7, 11) is 0. The maximum absolute atomic E-state index is 6.22. The topological polar surface area (TPSA) is 18.5 Å². The Hall–Kier alpha value is -0.391. The quantitative estimate of drug-likeness (QED) is 0.443. The molecule has 4 rings (SSSR count). The van der Waals surface area contributed by atoms with E-state index in [0.29, 0.717) is 20.9 Å². The second-order valence-corrected chi connectivity index (χ2v) is 10.9. The summed E-state index contributed by atoms with van der Waals surface area (Å²) in [5, 5.41) is 0. The van der Waals surface area contributed by atoms with E-state index in [2.05, 4.69) is 78.0 Å². The van der Waals surface area contributed by atoms with Crippen LogP contribution in [-0.2, 0) is 15.9 Å². The molecular formula is C21H23IO2Se. The van der Waals surface area contributed by atoms with Crippen molar-refractivity contribution in [2.75, 3.05) is 13.2 Å². The van der Waals surface area contributed by atoms with Gasteiger partial charge in [-0.3, -0.25) is 0 Å². The SMILES string of the molecule is Cc1cccc(CC2(C3CC([Se]c4ccccc4)C3)OCCO2)c1I. The summed E-state index contributed by atoms with van der Waals surface area (Å²) in [6.07, 6.45) is 3.34. The van der Waals surface area contributed by atoms with Gasteiger partial charge in [0.1, 0.15) is 0 Å². The first-order valence-electron chi connectivity index (χ1n) is 8.90. The second-order valence-electron chi connectivity index (χ2n) is 6.95. The van der Waals surface area contributed by atoms with Crippen molar-refractivity contribution < 1.29 is 9.47 Å². The van der Waals surface area contributed by atoms with Crippen LogP contribution in [0.5, 0.6) is 0 Å². The minimum absolute atomic E-state index is 0.392. The van der Waals surface area contributed by atoms with Crippen LogP contribution in [0, 0.1) is 16.4 Å². The number of benzene rings is 2. The van der Waals surface area contributed by atoms with Crippen LogP contribution in [0.1, 0.15) is 24.0 Å². The summed E-state index contributed by atoms with van der Waals surface area (Å²) in [5.74, 6) is 0.138. The Morgan fingerprint density at radius 1 is 1.04 bits per heavy atom. The second kappa shape index (κ2) is 7.69. The number of aryl methyl sites for hydroxylation is 1. The van der Waals surface area contributed by atoms with E-state index in [0.717, 1.165) is 24.5 Å². The Morgan fingerprint density at radius 2 is 1.76 bits per heavy atom. The van der Waals surface area contributed by atoms with Gasteiger partial charge in [0.2, 0.25) is 0 Å². The minimum atomic E-state index is -0.392. The van der Waals surface area contributed by atoms with Gasteiger partial charge in [0.05, 0.1) is 0 Å². The molecule has 4 heteroatoms. The molecule has 2 fully saturated rings. The normalized spacial score (nSPS) is 24.9. The third-order valence-electron chi connectivity index (χ3n) is 5.25. The van der Waals surface area contributed by atoms with Gasteiger partial charge in [-0.15, -0.1) is 0 Å². The monoisotopic (exact) mass is 514 g/mol. The van der Waals surface area contributed by atoms with Crippen LogP contribution in [-0.4, -0.2) is 34.0 Å². The van der Waals surface area contributed by atoms with Crippen molar-refractivity contribution in [1.29, 1.82) is 0 Å². The van der Waals surface area contributed by atoms with E-state index in [1.165, 1.54) is 32.0 Å². The standard InChI is InChI=1S/C21H23IO2Se/c1-15-6-5-7-16(20(15)22)14-21(23-10-11-24-21)17-12-19(13-17)25-18-8-3-2-4-9-18/h2-9,17,19H,10-14H2,1H3. The fraction of sp³-hybridized carbons (Fsp3) is 0.429. The fourth-order valence-electron chi connectivity index (χ4n) is 3.78. The number of halogens is 1. The molecule has 2 aromatic carbocycles. The summed E-state index contributed by atoms with van der Waals surface area (Å²) in [6.45, 7) is 3.64. The van der Waals surface area contributed by atoms with Crippen LogP contribution in [0.3, 0.4) is 0 Å². The Bertz CT molecular complexity index is 722. The molecule has 0 atom stereocenters. The van der Waals surface area contributed by atoms with Crippen LogP contribution in [0.2, 0.25) is 4.82 Å². The fourth-order valence-corrected chi connectivity index (χ4v) is 7.17. The first kappa shape index (κ1) is 18.0. The van der Waals surface area contributed by atoms with E-state index in [9.17, 15) is 0 Å². The molecule has 1 saturated carbocycles. The molecule has 0 spiro atoms. The van der Waals surface area contributed by atoms with E-state index in [4.69, 9.17) is 9.47 Å². The van der Waals surface area contributed by atoms with Crippen molar-refractivity contribution in [2.24, 2.45) is 5.92 Å². The average molecular weight is 513 g/mol. The number of hydrogen-bond donors (Lipinski definition) is 0. The van der Waals surface area contributed by atoms with Gasteiger partial charge in [-0.25, -0.2) is 0 Å². The van der Waals surface area contributed by atoms with E-state index < -0.39 is 5.79 Å². The zero-order valence-electron chi connectivity index (χ0n) is 14.4. The van der Waals surface area contributed by atoms with Gasteiger partial charge in [0, 0.05) is 0 Å². The van der Waals surface area contributed by atoms with Gasteiger partial charge in [-0.2, -0.15) is 0 Å². The van der Waals surface area contributed by atoms with Crippen molar-refractivity contribution in [3.63, 3.8) is 0 Å². The summed E-state index contributed by atoms with van der Waals surface area (Å²) < 4.78 is 15.3. The molecule has 2 nitrogen and oxygen atoms in total. The van der Waals surface area contributed by atoms with E-state index in [-0.39, 0.29) is 0 Å². The first-order chi connectivity index (χ1) is 12.2. The van der Waals surface area contributed by atoms with Crippen LogP contribution in [0.4, 0.5) is 0 Å². The van der Waals surface area contributed by atoms with Gasteiger partial charge in [-0.1, -0.05) is 0 Å². The summed E-state index contributed by atoms with van der Waals surface area (Å²) in [6, 6.07) is 17.5. The van der Waals surface area contributed by atoms with Crippen molar-refractivity contribution in [1.82, 2.24) is 0 Å². The van der Waals surface area contributed by atoms with Gasteiger partial charge >= 0.3 is 171 Å². The van der Waals surface area contributed by atoms with Crippen LogP contribution in [0.25, 0.3) is 0 Å². The molecule has 1 aliphatic carbocycles. The van der Waals surface area contributed by atoms with E-state index in [1.54, 1.807) is 0 Å². The molecule has 0 N–H and O–H groups in total. The van der Waals surface area contributed by atoms with Crippen LogP contribution in [0.15, 0.2) is 48.5 Å². The van der Waals surface area contributed by atoms with Crippen molar-refractivity contribution in [3.05, 3.63) is 63.2 Å². The molecule has 0 radical (unpaired) electrons. The molecule has 0 bridgehead atoms. The third kappa shape index (κ3) is 3.84. The molecule has 0 unspecified atom stereocenters. The Labute approximate surface area is 170 Å². The molecule has 0 amide bonds. The molecule has 1 aliphatic heterocycles. The van der Waals surface area contributed by atoms with Gasteiger partial charge in [0.25, 0.3) is 0 Å². The summed E-state index contributed by atoms with van der Waals surface area (Å²) in [4.78, 5) is 0.821. The Morgan fingerprint density at radius 3 is 2.48 bits per heavy atom. The molecule has 1 heterocycles. The van der Waals surface area contributed by atoms with E-state index in [1.807, 2.05) is 0 Å². The Kier molecular flexibility index (Phi) is 5.54. The van der Waals surface area contributed by atoms with Gasteiger partial charge in [0.15, 0.2) is 0 Å². The van der Waals surface area contributed by atoms with Crippen LogP contribution < -0.4 is 4.46 Å². The average Bonchev–Trinajstić information content (AvgIpc) is 3.05. The summed E-state index contributed by atoms with van der Waals surface area (Å²) >= 11 is 3.03.